The number of aromatic hydroxyl groups is 1. The molecule has 0 saturated heterocycles. The zero-order valence-electron chi connectivity index (χ0n) is 11.9. The Bertz CT molecular complexity index is 913. The van der Waals surface area contributed by atoms with Crippen molar-refractivity contribution in [1.29, 1.82) is 0 Å². The molecule has 0 unspecified atom stereocenters. The van der Waals surface area contributed by atoms with Gasteiger partial charge in [-0.25, -0.2) is 4.98 Å². The van der Waals surface area contributed by atoms with Crippen LogP contribution >= 0.6 is 11.8 Å². The van der Waals surface area contributed by atoms with E-state index < -0.39 is 0 Å². The number of thioether (sulfide) groups is 1. The molecule has 6 nitrogen and oxygen atoms in total. The smallest absolute Gasteiger partial charge is 0.247 e. The Kier molecular flexibility index (Phi) is 3.47. The molecule has 0 radical (unpaired) electrons. The van der Waals surface area contributed by atoms with Crippen molar-refractivity contribution >= 4 is 22.8 Å². The van der Waals surface area contributed by atoms with E-state index in [-0.39, 0.29) is 5.75 Å². The number of H-pyrrole nitrogens is 1. The third-order valence-corrected chi connectivity index (χ3v) is 4.14. The molecule has 114 valence electrons. The third kappa shape index (κ3) is 2.91. The van der Waals surface area contributed by atoms with E-state index in [1.54, 1.807) is 24.3 Å². The minimum absolute atomic E-state index is 0.203. The molecule has 4 aromatic rings. The Morgan fingerprint density at radius 3 is 2.70 bits per heavy atom. The van der Waals surface area contributed by atoms with Crippen LogP contribution in [0.1, 0.15) is 5.89 Å². The molecule has 4 rings (SSSR count). The van der Waals surface area contributed by atoms with E-state index in [0.717, 1.165) is 21.8 Å². The Labute approximate surface area is 135 Å². The van der Waals surface area contributed by atoms with Gasteiger partial charge in [0, 0.05) is 5.56 Å². The van der Waals surface area contributed by atoms with Gasteiger partial charge in [0.2, 0.25) is 11.8 Å². The van der Waals surface area contributed by atoms with Gasteiger partial charge in [0.15, 0.2) is 5.16 Å². The number of hydrogen-bond donors (Lipinski definition) is 2. The summed E-state index contributed by atoms with van der Waals surface area (Å²) in [4.78, 5) is 7.74. The number of phenols is 1. The highest BCUT2D eigenvalue weighted by molar-refractivity contribution is 7.98. The molecule has 0 saturated carbocycles. The minimum atomic E-state index is 0.203. The van der Waals surface area contributed by atoms with Crippen molar-refractivity contribution < 1.29 is 9.52 Å². The number of hydrogen-bond acceptors (Lipinski definition) is 6. The molecule has 0 atom stereocenters. The number of rotatable bonds is 4. The van der Waals surface area contributed by atoms with Gasteiger partial charge in [-0.05, 0) is 36.4 Å². The van der Waals surface area contributed by atoms with Crippen molar-refractivity contribution in [1.82, 2.24) is 20.2 Å². The van der Waals surface area contributed by atoms with E-state index in [0.29, 0.717) is 17.5 Å². The van der Waals surface area contributed by atoms with Crippen molar-refractivity contribution in [2.24, 2.45) is 0 Å². The summed E-state index contributed by atoms with van der Waals surface area (Å²) in [6.45, 7) is 0. The molecule has 0 aliphatic rings. The number of aromatic amines is 1. The van der Waals surface area contributed by atoms with Crippen LogP contribution in [0.15, 0.2) is 58.1 Å². The highest BCUT2D eigenvalue weighted by Gasteiger charge is 2.10. The average Bonchev–Trinajstić information content (AvgIpc) is 3.20. The molecule has 0 amide bonds. The fraction of sp³-hybridized carbons (Fsp3) is 0.0625. The number of nitrogens with zero attached hydrogens (tertiary/aromatic N) is 3. The molecule has 0 spiro atoms. The van der Waals surface area contributed by atoms with Gasteiger partial charge in [-0.1, -0.05) is 23.9 Å². The van der Waals surface area contributed by atoms with Gasteiger partial charge in [0.05, 0.1) is 16.8 Å². The van der Waals surface area contributed by atoms with Crippen LogP contribution in [0, 0.1) is 0 Å². The normalized spacial score (nSPS) is 11.1. The van der Waals surface area contributed by atoms with Crippen molar-refractivity contribution in [3.63, 3.8) is 0 Å². The first-order valence-electron chi connectivity index (χ1n) is 6.97. The van der Waals surface area contributed by atoms with Gasteiger partial charge in [-0.3, -0.25) is 0 Å². The Morgan fingerprint density at radius 1 is 1.04 bits per heavy atom. The van der Waals surface area contributed by atoms with Crippen LogP contribution in [-0.4, -0.2) is 25.3 Å². The zero-order chi connectivity index (χ0) is 15.6. The van der Waals surface area contributed by atoms with E-state index in [9.17, 15) is 5.11 Å². The van der Waals surface area contributed by atoms with E-state index in [4.69, 9.17) is 4.42 Å². The Morgan fingerprint density at radius 2 is 1.87 bits per heavy atom. The van der Waals surface area contributed by atoms with Crippen LogP contribution in [0.5, 0.6) is 5.75 Å². The van der Waals surface area contributed by atoms with Gasteiger partial charge in [0.25, 0.3) is 0 Å². The number of aromatic nitrogens is 4. The number of imidazole rings is 1. The van der Waals surface area contributed by atoms with Gasteiger partial charge < -0.3 is 14.5 Å². The molecule has 0 fully saturated rings. The summed E-state index contributed by atoms with van der Waals surface area (Å²) in [6.07, 6.45) is 0. The molecule has 2 aromatic heterocycles. The molecular formula is C16H12N4O2S. The van der Waals surface area contributed by atoms with Gasteiger partial charge in [-0.2, -0.15) is 0 Å². The Balaban J connectivity index is 1.48. The molecule has 7 heteroatoms. The molecule has 0 aliphatic heterocycles. The number of phenolic OH excluding ortho intramolecular Hbond substituents is 1. The van der Waals surface area contributed by atoms with E-state index in [1.165, 1.54) is 11.8 Å². The highest BCUT2D eigenvalue weighted by Crippen LogP contribution is 2.25. The molecular weight excluding hydrogens is 312 g/mol. The summed E-state index contributed by atoms with van der Waals surface area (Å²) in [5.41, 5.74) is 2.71. The lowest BCUT2D eigenvalue weighted by Crippen LogP contribution is -1.81. The summed E-state index contributed by atoms with van der Waals surface area (Å²) < 4.78 is 5.64. The maximum Gasteiger partial charge on any atom is 0.247 e. The zero-order valence-corrected chi connectivity index (χ0v) is 12.7. The lowest BCUT2D eigenvalue weighted by Gasteiger charge is -1.95. The number of para-hydroxylation sites is 2. The second kappa shape index (κ2) is 5.77. The van der Waals surface area contributed by atoms with E-state index in [2.05, 4.69) is 20.2 Å². The molecule has 0 aliphatic carbocycles. The quantitative estimate of drug-likeness (QED) is 0.558. The predicted molar refractivity (Wildman–Crippen MR) is 87.1 cm³/mol. The maximum atomic E-state index is 9.30. The standard InChI is InChI=1S/C16H12N4O2S/c21-11-7-5-10(6-8-11)15-20-19-14(22-15)9-23-16-17-12-3-1-2-4-13(12)18-16/h1-8,21H,9H2,(H,17,18). The van der Waals surface area contributed by atoms with Gasteiger partial charge in [-0.15, -0.1) is 10.2 Å². The van der Waals surface area contributed by atoms with Gasteiger partial charge >= 0.3 is 0 Å². The topological polar surface area (TPSA) is 87.8 Å². The lowest BCUT2D eigenvalue weighted by atomic mass is 10.2. The van der Waals surface area contributed by atoms with Crippen molar-refractivity contribution in [2.75, 3.05) is 0 Å². The van der Waals surface area contributed by atoms with E-state index >= 15 is 0 Å². The van der Waals surface area contributed by atoms with Crippen molar-refractivity contribution in [3.8, 4) is 17.2 Å². The fourth-order valence-corrected chi connectivity index (χ4v) is 2.88. The fourth-order valence-electron chi connectivity index (χ4n) is 2.16. The van der Waals surface area contributed by atoms with E-state index in [1.807, 2.05) is 24.3 Å². The summed E-state index contributed by atoms with van der Waals surface area (Å²) in [5, 5.41) is 18.2. The van der Waals surface area contributed by atoms with Crippen LogP contribution in [-0.2, 0) is 5.75 Å². The van der Waals surface area contributed by atoms with Crippen LogP contribution in [0.2, 0.25) is 0 Å². The van der Waals surface area contributed by atoms with Crippen LogP contribution < -0.4 is 0 Å². The minimum Gasteiger partial charge on any atom is -0.508 e. The summed E-state index contributed by atoms with van der Waals surface area (Å²) in [5.74, 6) is 1.70. The SMILES string of the molecule is Oc1ccc(-c2nnc(CSc3nc4ccccc4[nH]3)o2)cc1. The predicted octanol–water partition coefficient (Wildman–Crippen LogP) is 3.61. The first kappa shape index (κ1) is 13.8. The van der Waals surface area contributed by atoms with Crippen LogP contribution in [0.3, 0.4) is 0 Å². The van der Waals surface area contributed by atoms with Crippen LogP contribution in [0.25, 0.3) is 22.5 Å². The Hall–Kier alpha value is -2.80. The highest BCUT2D eigenvalue weighted by atomic mass is 32.2. The summed E-state index contributed by atoms with van der Waals surface area (Å²) >= 11 is 1.51. The van der Waals surface area contributed by atoms with Crippen molar-refractivity contribution in [2.45, 2.75) is 10.9 Å². The summed E-state index contributed by atoms with van der Waals surface area (Å²) in [6, 6.07) is 14.5. The first-order valence-corrected chi connectivity index (χ1v) is 7.96. The second-order valence-electron chi connectivity index (χ2n) is 4.90. The second-order valence-corrected chi connectivity index (χ2v) is 5.86. The number of benzene rings is 2. The molecule has 2 heterocycles. The monoisotopic (exact) mass is 324 g/mol. The molecule has 2 aromatic carbocycles. The van der Waals surface area contributed by atoms with Gasteiger partial charge in [0.1, 0.15) is 5.75 Å². The third-order valence-electron chi connectivity index (χ3n) is 3.28. The summed E-state index contributed by atoms with van der Waals surface area (Å²) in [7, 11) is 0. The largest absolute Gasteiger partial charge is 0.508 e. The van der Waals surface area contributed by atoms with Crippen molar-refractivity contribution in [3.05, 3.63) is 54.4 Å². The molecule has 2 N–H and O–H groups in total. The average molecular weight is 324 g/mol. The maximum absolute atomic E-state index is 9.30. The molecule has 0 bridgehead atoms. The number of fused-ring (bicyclic) bond motifs is 1. The lowest BCUT2D eigenvalue weighted by molar-refractivity contribution is 0.475. The number of nitrogens with one attached hydrogen (secondary N) is 1. The van der Waals surface area contributed by atoms with Crippen LogP contribution in [0.4, 0.5) is 0 Å². The molecule has 23 heavy (non-hydrogen) atoms. The first-order chi connectivity index (χ1) is 11.3.